The van der Waals surface area contributed by atoms with E-state index in [-0.39, 0.29) is 15.6 Å². The van der Waals surface area contributed by atoms with Gasteiger partial charge in [-0.25, -0.2) is 12.4 Å². The van der Waals surface area contributed by atoms with Gasteiger partial charge in [-0.1, -0.05) is 29.3 Å². The van der Waals surface area contributed by atoms with Gasteiger partial charge in [0.05, 0.1) is 4.90 Å². The maximum absolute atomic E-state index is 12.9. The van der Waals surface area contributed by atoms with E-state index >= 15 is 0 Å². The van der Waals surface area contributed by atoms with Gasteiger partial charge in [-0.15, -0.1) is 0 Å². The Hall–Kier alpha value is -1.57. The molecule has 23 heavy (non-hydrogen) atoms. The van der Waals surface area contributed by atoms with Crippen LogP contribution in [0.15, 0.2) is 50.7 Å². The fourth-order valence-corrected chi connectivity index (χ4v) is 4.83. The molecule has 0 aliphatic carbocycles. The third kappa shape index (κ3) is 2.52. The Bertz CT molecular complexity index is 1080. The Morgan fingerprint density at radius 1 is 1.17 bits per heavy atom. The van der Waals surface area contributed by atoms with Gasteiger partial charge in [0.1, 0.15) is 10.7 Å². The summed E-state index contributed by atoms with van der Waals surface area (Å²) in [5.41, 5.74) is 0.518. The molecule has 0 atom stereocenters. The van der Waals surface area contributed by atoms with E-state index in [9.17, 15) is 13.2 Å². The summed E-state index contributed by atoms with van der Waals surface area (Å²) in [6.45, 7) is 1.86. The molecule has 2 aromatic heterocycles. The van der Waals surface area contributed by atoms with Crippen molar-refractivity contribution in [1.29, 1.82) is 0 Å². The van der Waals surface area contributed by atoms with Crippen LogP contribution in [-0.2, 0) is 17.1 Å². The molecule has 0 spiro atoms. The monoisotopic (exact) mass is 414 g/mol. The number of pyridine rings is 1. The lowest BCUT2D eigenvalue weighted by molar-refractivity contribution is 0.589. The number of aromatic nitrogens is 2. The maximum atomic E-state index is 12.9. The molecular weight excluding hydrogens is 404 g/mol. The van der Waals surface area contributed by atoms with Gasteiger partial charge in [0, 0.05) is 23.1 Å². The number of aryl methyl sites for hydroxylation is 2. The molecule has 0 unspecified atom stereocenters. The van der Waals surface area contributed by atoms with Crippen molar-refractivity contribution in [3.05, 3.63) is 62.1 Å². The average Bonchev–Trinajstić information content (AvgIpc) is 2.84. The van der Waals surface area contributed by atoms with Crippen molar-refractivity contribution >= 4 is 48.5 Å². The normalized spacial score (nSPS) is 12.0. The van der Waals surface area contributed by atoms with Gasteiger partial charge in [0.25, 0.3) is 15.6 Å². The number of hydrogen-bond donors (Lipinski definition) is 0. The van der Waals surface area contributed by atoms with E-state index in [1.165, 1.54) is 22.8 Å². The van der Waals surface area contributed by atoms with Crippen molar-refractivity contribution < 1.29 is 8.42 Å². The molecule has 0 N–H and O–H groups in total. The van der Waals surface area contributed by atoms with E-state index in [0.717, 1.165) is 9.54 Å². The van der Waals surface area contributed by atoms with Crippen molar-refractivity contribution in [2.24, 2.45) is 7.05 Å². The minimum absolute atomic E-state index is 0.0208. The van der Waals surface area contributed by atoms with Crippen LogP contribution in [0.4, 0.5) is 0 Å². The molecule has 0 fully saturated rings. The number of nitrogens with zero attached hydrogens (tertiary/aromatic N) is 2. The molecule has 0 aliphatic heterocycles. The van der Waals surface area contributed by atoms with E-state index < -0.39 is 15.6 Å². The molecule has 0 bridgehead atoms. The van der Waals surface area contributed by atoms with Crippen LogP contribution in [-0.4, -0.2) is 17.0 Å². The highest BCUT2D eigenvalue weighted by atomic mass is 79.9. The Morgan fingerprint density at radius 2 is 1.78 bits per heavy atom. The fraction of sp³-hybridized carbons (Fsp3) is 0.133. The summed E-state index contributed by atoms with van der Waals surface area (Å²) in [5, 5.41) is 0.415. The van der Waals surface area contributed by atoms with Gasteiger partial charge in [-0.3, -0.25) is 4.79 Å². The molecule has 0 saturated carbocycles. The first kappa shape index (κ1) is 16.3. The molecule has 3 aromatic rings. The van der Waals surface area contributed by atoms with Gasteiger partial charge < -0.3 is 4.57 Å². The van der Waals surface area contributed by atoms with Gasteiger partial charge >= 0.3 is 0 Å². The third-order valence-corrected chi connectivity index (χ3v) is 6.30. The third-order valence-electron chi connectivity index (χ3n) is 3.56. The van der Waals surface area contributed by atoms with Gasteiger partial charge in [-0.05, 0) is 41.1 Å². The second kappa shape index (κ2) is 5.51. The summed E-state index contributed by atoms with van der Waals surface area (Å²) >= 11 is 9.48. The first-order valence-corrected chi connectivity index (χ1v) is 9.23. The summed E-state index contributed by atoms with van der Waals surface area (Å²) in [6.07, 6.45) is 1.57. The zero-order valence-electron chi connectivity index (χ0n) is 12.2. The Labute approximate surface area is 146 Å². The first-order valence-electron chi connectivity index (χ1n) is 6.62. The molecule has 0 radical (unpaired) electrons. The molecule has 1 aromatic carbocycles. The van der Waals surface area contributed by atoms with Gasteiger partial charge in [0.15, 0.2) is 0 Å². The molecule has 3 rings (SSSR count). The maximum Gasteiger partial charge on any atom is 0.275 e. The summed E-state index contributed by atoms with van der Waals surface area (Å²) in [7, 11) is -2.42. The van der Waals surface area contributed by atoms with Crippen LogP contribution in [0.2, 0.25) is 5.15 Å². The lowest BCUT2D eigenvalue weighted by atomic mass is 10.2. The quantitative estimate of drug-likeness (QED) is 0.645. The van der Waals surface area contributed by atoms with Crippen LogP contribution in [0.5, 0.6) is 0 Å². The van der Waals surface area contributed by atoms with Crippen LogP contribution in [0.3, 0.4) is 0 Å². The van der Waals surface area contributed by atoms with Crippen molar-refractivity contribution in [2.75, 3.05) is 0 Å². The van der Waals surface area contributed by atoms with Gasteiger partial charge in [-0.2, -0.15) is 0 Å². The summed E-state index contributed by atoms with van der Waals surface area (Å²) in [4.78, 5) is 12.5. The van der Waals surface area contributed by atoms with Crippen molar-refractivity contribution in [3.8, 4) is 0 Å². The van der Waals surface area contributed by atoms with E-state index in [1.54, 1.807) is 25.4 Å². The molecule has 0 amide bonds. The lowest BCUT2D eigenvalue weighted by Gasteiger charge is -2.10. The Morgan fingerprint density at radius 3 is 2.39 bits per heavy atom. The number of benzene rings is 1. The number of halogens is 2. The molecule has 8 heteroatoms. The van der Waals surface area contributed by atoms with Crippen molar-refractivity contribution in [2.45, 2.75) is 11.8 Å². The Balaban J connectivity index is 2.43. The smallest absolute Gasteiger partial charge is 0.275 e. The highest BCUT2D eigenvalue weighted by Crippen LogP contribution is 2.30. The highest BCUT2D eigenvalue weighted by Gasteiger charge is 2.25. The zero-order valence-corrected chi connectivity index (χ0v) is 15.4. The van der Waals surface area contributed by atoms with Crippen LogP contribution in [0, 0.1) is 6.92 Å². The average molecular weight is 416 g/mol. The fourth-order valence-electron chi connectivity index (χ4n) is 2.36. The molecule has 120 valence electrons. The summed E-state index contributed by atoms with van der Waals surface area (Å²) in [5.74, 6) is 0. The van der Waals surface area contributed by atoms with Crippen LogP contribution < -0.4 is 5.56 Å². The zero-order chi connectivity index (χ0) is 16.9. The minimum atomic E-state index is -3.98. The predicted octanol–water partition coefficient (Wildman–Crippen LogP) is 3.30. The predicted molar refractivity (Wildman–Crippen MR) is 93.7 cm³/mol. The van der Waals surface area contributed by atoms with Crippen molar-refractivity contribution in [1.82, 2.24) is 8.54 Å². The van der Waals surface area contributed by atoms with E-state index in [2.05, 4.69) is 15.9 Å². The molecular formula is C15H12BrClN2O3S. The topological polar surface area (TPSA) is 61.1 Å². The number of hydrogen-bond acceptors (Lipinski definition) is 3. The molecule has 2 heterocycles. The van der Waals surface area contributed by atoms with Crippen molar-refractivity contribution in [3.63, 3.8) is 0 Å². The Kier molecular flexibility index (Phi) is 3.90. The molecule has 0 aliphatic rings. The SMILES string of the molecule is Cc1ccc(S(=O)(=O)n2c(Cl)cc3c(Br)cn(C)c(=O)c32)cc1. The minimum Gasteiger partial charge on any atom is -0.316 e. The van der Waals surface area contributed by atoms with E-state index in [0.29, 0.717) is 9.86 Å². The van der Waals surface area contributed by atoms with Gasteiger partial charge in [0.2, 0.25) is 0 Å². The second-order valence-corrected chi connectivity index (χ2v) is 8.23. The lowest BCUT2D eigenvalue weighted by Crippen LogP contribution is -2.22. The molecule has 5 nitrogen and oxygen atoms in total. The van der Waals surface area contributed by atoms with Crippen LogP contribution in [0.1, 0.15) is 5.56 Å². The number of rotatable bonds is 2. The number of fused-ring (bicyclic) bond motifs is 1. The first-order chi connectivity index (χ1) is 10.7. The molecule has 0 saturated heterocycles. The highest BCUT2D eigenvalue weighted by molar-refractivity contribution is 9.10. The van der Waals surface area contributed by atoms with E-state index in [1.807, 2.05) is 6.92 Å². The summed E-state index contributed by atoms with van der Waals surface area (Å²) < 4.78 is 28.7. The van der Waals surface area contributed by atoms with Crippen LogP contribution in [0.25, 0.3) is 10.9 Å². The summed E-state index contributed by atoms with van der Waals surface area (Å²) in [6, 6.07) is 7.85. The standard InChI is InChI=1S/C15H12BrClN2O3S/c1-9-3-5-10(6-4-9)23(21,22)19-13(17)7-11-12(16)8-18(2)15(20)14(11)19/h3-8H,1-2H3. The second-order valence-electron chi connectivity index (χ2n) is 5.20. The largest absolute Gasteiger partial charge is 0.316 e. The van der Waals surface area contributed by atoms with Crippen LogP contribution >= 0.6 is 27.5 Å². The van der Waals surface area contributed by atoms with E-state index in [4.69, 9.17) is 11.6 Å².